The van der Waals surface area contributed by atoms with Gasteiger partial charge in [-0.2, -0.15) is 4.31 Å². The Kier molecular flexibility index (Phi) is 4.84. The number of sulfonamides is 1. The van der Waals surface area contributed by atoms with Gasteiger partial charge in [0.1, 0.15) is 4.90 Å². The summed E-state index contributed by atoms with van der Waals surface area (Å²) in [5, 5.41) is 9.86. The van der Waals surface area contributed by atoms with Crippen LogP contribution in [0.15, 0.2) is 17.0 Å². The monoisotopic (exact) mass is 300 g/mol. The quantitative estimate of drug-likeness (QED) is 0.810. The van der Waals surface area contributed by atoms with Crippen molar-refractivity contribution < 1.29 is 13.5 Å². The number of anilines is 1. The van der Waals surface area contributed by atoms with Crippen LogP contribution in [0.5, 0.6) is 0 Å². The summed E-state index contributed by atoms with van der Waals surface area (Å²) in [6, 6.07) is 3.26. The van der Waals surface area contributed by atoms with Gasteiger partial charge in [-0.25, -0.2) is 8.42 Å². The van der Waals surface area contributed by atoms with Crippen molar-refractivity contribution in [3.05, 3.63) is 23.3 Å². The third kappa shape index (κ3) is 3.71. The molecule has 0 aliphatic rings. The Labute approximate surface area is 121 Å². The summed E-state index contributed by atoms with van der Waals surface area (Å²) in [4.78, 5) is 0.103. The van der Waals surface area contributed by atoms with Gasteiger partial charge in [0.15, 0.2) is 0 Å². The Morgan fingerprint density at radius 1 is 1.25 bits per heavy atom. The predicted molar refractivity (Wildman–Crippen MR) is 81.1 cm³/mol. The third-order valence-corrected chi connectivity index (χ3v) is 5.14. The minimum atomic E-state index is -3.71. The molecule has 0 atom stereocenters. The van der Waals surface area contributed by atoms with E-state index in [9.17, 15) is 13.5 Å². The molecule has 20 heavy (non-hydrogen) atoms. The molecule has 1 aromatic carbocycles. The maximum absolute atomic E-state index is 12.7. The summed E-state index contributed by atoms with van der Waals surface area (Å²) in [6.07, 6.45) is 0. The summed E-state index contributed by atoms with van der Waals surface area (Å²) in [6.45, 7) is 8.93. The number of likely N-dealkylation sites (N-methyl/N-ethyl adjacent to an activating group) is 1. The lowest BCUT2D eigenvalue weighted by atomic mass is 10.1. The Hall–Kier alpha value is -1.11. The number of benzene rings is 1. The molecule has 0 spiro atoms. The van der Waals surface area contributed by atoms with Gasteiger partial charge < -0.3 is 10.8 Å². The topological polar surface area (TPSA) is 83.6 Å². The maximum Gasteiger partial charge on any atom is 0.245 e. The lowest BCUT2D eigenvalue weighted by Crippen LogP contribution is -2.42. The molecule has 0 aromatic heterocycles. The van der Waals surface area contributed by atoms with E-state index >= 15 is 0 Å². The van der Waals surface area contributed by atoms with Crippen LogP contribution in [0.25, 0.3) is 0 Å². The van der Waals surface area contributed by atoms with Crippen LogP contribution >= 0.6 is 0 Å². The summed E-state index contributed by atoms with van der Waals surface area (Å²) in [5.74, 6) is 0. The van der Waals surface area contributed by atoms with Crippen LogP contribution in [-0.4, -0.2) is 36.5 Å². The first-order valence-electron chi connectivity index (χ1n) is 6.58. The van der Waals surface area contributed by atoms with Gasteiger partial charge in [-0.3, -0.25) is 0 Å². The van der Waals surface area contributed by atoms with Crippen molar-refractivity contribution in [2.75, 3.05) is 18.8 Å². The van der Waals surface area contributed by atoms with Gasteiger partial charge in [0.05, 0.1) is 11.3 Å². The molecular formula is C14H24N2O3S. The summed E-state index contributed by atoms with van der Waals surface area (Å²) >= 11 is 0. The molecule has 6 heteroatoms. The van der Waals surface area contributed by atoms with Gasteiger partial charge in [0.25, 0.3) is 0 Å². The van der Waals surface area contributed by atoms with Crippen LogP contribution < -0.4 is 5.73 Å². The molecule has 0 radical (unpaired) electrons. The highest BCUT2D eigenvalue weighted by Crippen LogP contribution is 2.26. The van der Waals surface area contributed by atoms with E-state index in [-0.39, 0.29) is 23.7 Å². The zero-order chi connectivity index (χ0) is 15.7. The van der Waals surface area contributed by atoms with Gasteiger partial charge in [-0.15, -0.1) is 0 Å². The standard InChI is InChI=1S/C14H24N2O3S/c1-6-16(9-14(4,5)17)20(18,19)13-8-11(3)10(2)7-12(13)15/h7-8,17H,6,9,15H2,1-5H3. The summed E-state index contributed by atoms with van der Waals surface area (Å²) in [7, 11) is -3.71. The molecule has 0 heterocycles. The summed E-state index contributed by atoms with van der Waals surface area (Å²) < 4.78 is 26.6. The molecule has 0 fully saturated rings. The second-order valence-electron chi connectivity index (χ2n) is 5.72. The number of hydrogen-bond acceptors (Lipinski definition) is 4. The average Bonchev–Trinajstić information content (AvgIpc) is 2.29. The fourth-order valence-electron chi connectivity index (χ4n) is 1.97. The lowest BCUT2D eigenvalue weighted by molar-refractivity contribution is 0.0601. The molecule has 0 aliphatic heterocycles. The van der Waals surface area contributed by atoms with E-state index in [0.29, 0.717) is 0 Å². The Morgan fingerprint density at radius 3 is 2.20 bits per heavy atom. The maximum atomic E-state index is 12.7. The zero-order valence-corrected chi connectivity index (χ0v) is 13.6. The highest BCUT2D eigenvalue weighted by atomic mass is 32.2. The fraction of sp³-hybridized carbons (Fsp3) is 0.571. The number of hydrogen-bond donors (Lipinski definition) is 2. The van der Waals surface area contributed by atoms with Crippen molar-refractivity contribution in [3.63, 3.8) is 0 Å². The van der Waals surface area contributed by atoms with Gasteiger partial charge in [-0.05, 0) is 51.0 Å². The van der Waals surface area contributed by atoms with Crippen LogP contribution in [0.4, 0.5) is 5.69 Å². The van der Waals surface area contributed by atoms with E-state index in [1.807, 2.05) is 13.8 Å². The van der Waals surface area contributed by atoms with E-state index in [4.69, 9.17) is 5.73 Å². The van der Waals surface area contributed by atoms with E-state index < -0.39 is 15.6 Å². The van der Waals surface area contributed by atoms with Crippen LogP contribution in [0.1, 0.15) is 31.9 Å². The molecule has 0 saturated heterocycles. The van der Waals surface area contributed by atoms with Gasteiger partial charge in [0, 0.05) is 13.1 Å². The molecule has 114 valence electrons. The minimum absolute atomic E-state index is 0.0260. The van der Waals surface area contributed by atoms with Crippen molar-refractivity contribution >= 4 is 15.7 Å². The first-order chi connectivity index (χ1) is 8.99. The highest BCUT2D eigenvalue weighted by Gasteiger charge is 2.30. The number of nitrogens with two attached hydrogens (primary N) is 1. The number of nitrogen functional groups attached to an aromatic ring is 1. The number of rotatable bonds is 5. The molecule has 0 bridgehead atoms. The van der Waals surface area contributed by atoms with Gasteiger partial charge >= 0.3 is 0 Å². The second kappa shape index (κ2) is 5.71. The molecular weight excluding hydrogens is 276 g/mol. The van der Waals surface area contributed by atoms with Gasteiger partial charge in [0.2, 0.25) is 10.0 Å². The Morgan fingerprint density at radius 2 is 1.75 bits per heavy atom. The number of aryl methyl sites for hydroxylation is 2. The fourth-order valence-corrected chi connectivity index (χ4v) is 3.76. The lowest BCUT2D eigenvalue weighted by Gasteiger charge is -2.28. The van der Waals surface area contributed by atoms with E-state index in [1.165, 1.54) is 4.31 Å². The molecule has 0 aliphatic carbocycles. The second-order valence-corrected chi connectivity index (χ2v) is 7.62. The van der Waals surface area contributed by atoms with Crippen molar-refractivity contribution in [2.24, 2.45) is 0 Å². The van der Waals surface area contributed by atoms with E-state index in [0.717, 1.165) is 11.1 Å². The van der Waals surface area contributed by atoms with Crippen LogP contribution in [0.2, 0.25) is 0 Å². The largest absolute Gasteiger partial charge is 0.398 e. The van der Waals surface area contributed by atoms with Crippen molar-refractivity contribution in [2.45, 2.75) is 45.1 Å². The SMILES string of the molecule is CCN(CC(C)(C)O)S(=O)(=O)c1cc(C)c(C)cc1N. The smallest absolute Gasteiger partial charge is 0.245 e. The predicted octanol–water partition coefficient (Wildman–Crippen LogP) is 1.67. The molecule has 1 rings (SSSR count). The first kappa shape index (κ1) is 16.9. The van der Waals surface area contributed by atoms with Crippen LogP contribution in [-0.2, 0) is 10.0 Å². The highest BCUT2D eigenvalue weighted by molar-refractivity contribution is 7.89. The Balaban J connectivity index is 3.31. The van der Waals surface area contributed by atoms with Gasteiger partial charge in [-0.1, -0.05) is 6.92 Å². The van der Waals surface area contributed by atoms with Crippen LogP contribution in [0.3, 0.4) is 0 Å². The molecule has 5 nitrogen and oxygen atoms in total. The third-order valence-electron chi connectivity index (χ3n) is 3.16. The summed E-state index contributed by atoms with van der Waals surface area (Å²) in [5.41, 5.74) is 6.83. The van der Waals surface area contributed by atoms with E-state index in [2.05, 4.69) is 0 Å². The average molecular weight is 300 g/mol. The molecule has 1 aromatic rings. The van der Waals surface area contributed by atoms with Crippen molar-refractivity contribution in [3.8, 4) is 0 Å². The van der Waals surface area contributed by atoms with Crippen molar-refractivity contribution in [1.29, 1.82) is 0 Å². The zero-order valence-electron chi connectivity index (χ0n) is 12.8. The Bertz CT molecular complexity index is 589. The number of nitrogens with zero attached hydrogens (tertiary/aromatic N) is 1. The molecule has 0 amide bonds. The van der Waals surface area contributed by atoms with E-state index in [1.54, 1.807) is 32.9 Å². The first-order valence-corrected chi connectivity index (χ1v) is 8.02. The molecule has 0 saturated carbocycles. The van der Waals surface area contributed by atoms with Crippen molar-refractivity contribution in [1.82, 2.24) is 4.31 Å². The number of aliphatic hydroxyl groups is 1. The minimum Gasteiger partial charge on any atom is -0.398 e. The molecule has 0 unspecified atom stereocenters. The normalized spacial score (nSPS) is 12.9. The van der Waals surface area contributed by atoms with Crippen LogP contribution in [0, 0.1) is 13.8 Å². The molecule has 3 N–H and O–H groups in total.